The topological polar surface area (TPSA) is 24.8 Å². The Morgan fingerprint density at radius 1 is 0.853 bits per heavy atom. The lowest BCUT2D eigenvalue weighted by atomic mass is 9.70. The molecule has 0 saturated carbocycles. The lowest BCUT2D eigenvalue weighted by Gasteiger charge is -2.46. The van der Waals surface area contributed by atoms with Crippen molar-refractivity contribution in [3.63, 3.8) is 0 Å². The molecule has 0 bridgehead atoms. The van der Waals surface area contributed by atoms with Gasteiger partial charge >= 0.3 is 0 Å². The average molecular weight is 495 g/mol. The molecule has 34 heavy (non-hydrogen) atoms. The Hall–Kier alpha value is -2.49. The van der Waals surface area contributed by atoms with Gasteiger partial charge < -0.3 is 9.64 Å². The maximum Gasteiger partial charge on any atom is 0.143 e. The number of rotatable bonds is 5. The van der Waals surface area contributed by atoms with E-state index in [0.29, 0.717) is 16.7 Å². The highest BCUT2D eigenvalue weighted by molar-refractivity contribution is 6.30. The molecule has 3 aromatic rings. The van der Waals surface area contributed by atoms with Crippen LogP contribution >= 0.6 is 23.2 Å². The Labute approximate surface area is 213 Å². The third-order valence-electron chi connectivity index (χ3n) is 7.06. The number of aliphatic imine (C=N–C) groups is 1. The Morgan fingerprint density at radius 3 is 1.94 bits per heavy atom. The third-order valence-corrected chi connectivity index (χ3v) is 7.56. The van der Waals surface area contributed by atoms with E-state index in [1.54, 1.807) is 0 Å². The molecule has 5 heteroatoms. The molecule has 0 aromatic heterocycles. The summed E-state index contributed by atoms with van der Waals surface area (Å²) in [7, 11) is 0. The van der Waals surface area contributed by atoms with Crippen LogP contribution in [0.25, 0.3) is 0 Å². The number of hydrogen-bond acceptors (Lipinski definition) is 3. The second-order valence-electron chi connectivity index (χ2n) is 10.1. The Morgan fingerprint density at radius 2 is 1.41 bits per heavy atom. The summed E-state index contributed by atoms with van der Waals surface area (Å²) in [6.07, 6.45) is 1.94. The molecule has 0 saturated heterocycles. The highest BCUT2D eigenvalue weighted by atomic mass is 35.5. The third kappa shape index (κ3) is 4.10. The number of ether oxygens (including phenoxy) is 1. The van der Waals surface area contributed by atoms with Crippen LogP contribution < -0.4 is 9.64 Å². The van der Waals surface area contributed by atoms with Gasteiger partial charge in [-0.2, -0.15) is 0 Å². The van der Waals surface area contributed by atoms with Gasteiger partial charge in [-0.15, -0.1) is 0 Å². The fourth-order valence-corrected chi connectivity index (χ4v) is 4.98. The zero-order valence-corrected chi connectivity index (χ0v) is 22.2. The lowest BCUT2D eigenvalue weighted by Crippen LogP contribution is -2.51. The predicted molar refractivity (Wildman–Crippen MR) is 145 cm³/mol. The number of benzene rings is 3. The van der Waals surface area contributed by atoms with Gasteiger partial charge in [0, 0.05) is 10.0 Å². The number of hydrogen-bond donors (Lipinski definition) is 0. The summed E-state index contributed by atoms with van der Waals surface area (Å²) in [5.41, 5.74) is 3.27. The van der Waals surface area contributed by atoms with Crippen LogP contribution in [-0.4, -0.2) is 12.9 Å². The fraction of sp³-hybridized carbons (Fsp3) is 0.345. The molecule has 0 radical (unpaired) electrons. The van der Waals surface area contributed by atoms with Crippen molar-refractivity contribution >= 4 is 35.2 Å². The summed E-state index contributed by atoms with van der Waals surface area (Å²) in [6.45, 7) is 13.6. The van der Waals surface area contributed by atoms with E-state index in [9.17, 15) is 0 Å². The summed E-state index contributed by atoms with van der Waals surface area (Å²) in [5.74, 6) is 0.849. The van der Waals surface area contributed by atoms with Gasteiger partial charge in [0.25, 0.3) is 0 Å². The summed E-state index contributed by atoms with van der Waals surface area (Å²) in [6, 6.07) is 22.5. The quantitative estimate of drug-likeness (QED) is 0.355. The second-order valence-corrected chi connectivity index (χ2v) is 11.0. The SMILES string of the molecule is CCOc1cc(C(C)(C)C)ccc1N1C=NC(C)(c2ccc(Cl)cc2)C1(C)c1ccc(Cl)cc1. The first-order valence-corrected chi connectivity index (χ1v) is 12.4. The molecule has 3 nitrogen and oxygen atoms in total. The molecule has 1 heterocycles. The first kappa shape index (κ1) is 24.6. The van der Waals surface area contributed by atoms with E-state index in [1.165, 1.54) is 5.56 Å². The van der Waals surface area contributed by atoms with E-state index in [2.05, 4.69) is 82.0 Å². The van der Waals surface area contributed by atoms with Gasteiger partial charge in [-0.25, -0.2) is 0 Å². The molecule has 1 aliphatic rings. The van der Waals surface area contributed by atoms with E-state index in [4.69, 9.17) is 32.9 Å². The van der Waals surface area contributed by atoms with Gasteiger partial charge in [0.2, 0.25) is 0 Å². The van der Waals surface area contributed by atoms with Crippen molar-refractivity contribution in [2.75, 3.05) is 11.5 Å². The van der Waals surface area contributed by atoms with Crippen molar-refractivity contribution in [1.29, 1.82) is 0 Å². The van der Waals surface area contributed by atoms with E-state index in [0.717, 1.165) is 22.6 Å². The molecule has 1 aliphatic heterocycles. The molecule has 0 aliphatic carbocycles. The highest BCUT2D eigenvalue weighted by Crippen LogP contribution is 2.53. The maximum atomic E-state index is 6.27. The van der Waals surface area contributed by atoms with Gasteiger partial charge in [-0.1, -0.05) is 74.3 Å². The van der Waals surface area contributed by atoms with Crippen LogP contribution in [0.4, 0.5) is 5.69 Å². The van der Waals surface area contributed by atoms with Crippen LogP contribution in [0.15, 0.2) is 71.7 Å². The maximum absolute atomic E-state index is 6.27. The molecular weight excluding hydrogens is 463 g/mol. The van der Waals surface area contributed by atoms with Gasteiger partial charge in [-0.3, -0.25) is 4.99 Å². The highest BCUT2D eigenvalue weighted by Gasteiger charge is 2.55. The van der Waals surface area contributed by atoms with Crippen molar-refractivity contribution in [3.8, 4) is 5.75 Å². The zero-order valence-electron chi connectivity index (χ0n) is 20.7. The molecule has 178 valence electrons. The van der Waals surface area contributed by atoms with Crippen LogP contribution in [0.1, 0.15) is 58.2 Å². The van der Waals surface area contributed by atoms with Gasteiger partial charge in [0.15, 0.2) is 0 Å². The smallest absolute Gasteiger partial charge is 0.143 e. The minimum atomic E-state index is -0.586. The summed E-state index contributed by atoms with van der Waals surface area (Å²) < 4.78 is 6.18. The zero-order chi connectivity index (χ0) is 24.7. The van der Waals surface area contributed by atoms with Crippen molar-refractivity contribution in [2.24, 2.45) is 4.99 Å². The van der Waals surface area contributed by atoms with Gasteiger partial charge in [0.1, 0.15) is 11.3 Å². The first-order chi connectivity index (χ1) is 16.0. The van der Waals surface area contributed by atoms with E-state index in [1.807, 2.05) is 37.5 Å². The van der Waals surface area contributed by atoms with Crippen molar-refractivity contribution in [3.05, 3.63) is 93.5 Å². The lowest BCUT2D eigenvalue weighted by molar-refractivity contribution is 0.292. The van der Waals surface area contributed by atoms with Crippen LogP contribution in [0.3, 0.4) is 0 Å². The summed E-state index contributed by atoms with van der Waals surface area (Å²) in [5, 5.41) is 1.41. The molecule has 0 N–H and O–H groups in total. The molecule has 4 rings (SSSR count). The van der Waals surface area contributed by atoms with Crippen LogP contribution in [0, 0.1) is 0 Å². The normalized spacial score (nSPS) is 22.3. The molecule has 2 unspecified atom stereocenters. The van der Waals surface area contributed by atoms with Crippen LogP contribution in [0.2, 0.25) is 10.0 Å². The van der Waals surface area contributed by atoms with Gasteiger partial charge in [0.05, 0.1) is 24.2 Å². The van der Waals surface area contributed by atoms with Crippen LogP contribution in [0.5, 0.6) is 5.75 Å². The minimum absolute atomic E-state index is 0.0147. The minimum Gasteiger partial charge on any atom is -0.492 e. The van der Waals surface area contributed by atoms with Gasteiger partial charge in [-0.05, 0) is 79.3 Å². The fourth-order valence-electron chi connectivity index (χ4n) is 4.73. The Bertz CT molecular complexity index is 1200. The average Bonchev–Trinajstić information content (AvgIpc) is 3.06. The molecule has 0 spiro atoms. The first-order valence-electron chi connectivity index (χ1n) is 11.6. The predicted octanol–water partition coefficient (Wildman–Crippen LogP) is 8.37. The largest absolute Gasteiger partial charge is 0.492 e. The molecular formula is C29H32Cl2N2O. The molecule has 2 atom stereocenters. The van der Waals surface area contributed by atoms with Crippen molar-refractivity contribution in [2.45, 2.75) is 58.0 Å². The van der Waals surface area contributed by atoms with E-state index in [-0.39, 0.29) is 5.41 Å². The Balaban J connectivity index is 1.93. The van der Waals surface area contributed by atoms with Crippen LogP contribution in [-0.2, 0) is 16.5 Å². The number of anilines is 1. The van der Waals surface area contributed by atoms with E-state index >= 15 is 0 Å². The van der Waals surface area contributed by atoms with Crippen molar-refractivity contribution < 1.29 is 4.74 Å². The molecule has 3 aromatic carbocycles. The summed E-state index contributed by atoms with van der Waals surface area (Å²) >= 11 is 12.5. The monoisotopic (exact) mass is 494 g/mol. The Kier molecular flexibility index (Phi) is 6.48. The molecule has 0 fully saturated rings. The standard InChI is InChI=1S/C29H32Cl2N2O/c1-7-34-26-18-22(27(2,3)4)12-17-25(26)33-19-32-28(5,20-8-13-23(30)14-9-20)29(33,6)21-10-15-24(31)16-11-21/h8-19H,7H2,1-6H3. The number of nitrogens with zero attached hydrogens (tertiary/aromatic N) is 2. The van der Waals surface area contributed by atoms with E-state index < -0.39 is 11.1 Å². The summed E-state index contributed by atoms with van der Waals surface area (Å²) in [4.78, 5) is 7.36. The molecule has 0 amide bonds. The number of halogens is 2. The second kappa shape index (κ2) is 8.94. The van der Waals surface area contributed by atoms with Crippen molar-refractivity contribution in [1.82, 2.24) is 0 Å².